The van der Waals surface area contributed by atoms with Gasteiger partial charge in [-0.1, -0.05) is 47.7 Å². The predicted molar refractivity (Wildman–Crippen MR) is 89.6 cm³/mol. The number of azo groups is 1. The van der Waals surface area contributed by atoms with Gasteiger partial charge in [-0.15, -0.1) is 10.2 Å². The molecule has 0 unspecified atom stereocenters. The summed E-state index contributed by atoms with van der Waals surface area (Å²) in [5.41, 5.74) is 1.62. The van der Waals surface area contributed by atoms with E-state index in [0.29, 0.717) is 0 Å². The molecule has 0 spiro atoms. The van der Waals surface area contributed by atoms with E-state index in [1.165, 1.54) is 11.3 Å². The Hall–Kier alpha value is -2.79. The molecule has 1 amide bonds. The lowest BCUT2D eigenvalue weighted by Gasteiger charge is -2.14. The van der Waals surface area contributed by atoms with Crippen LogP contribution in [0.15, 0.2) is 83.0 Å². The Morgan fingerprint density at radius 2 is 1.50 bits per heavy atom. The van der Waals surface area contributed by atoms with Crippen molar-refractivity contribution in [3.05, 3.63) is 72.8 Å². The Balaban J connectivity index is 1.81. The van der Waals surface area contributed by atoms with E-state index in [-0.39, 0.29) is 0 Å². The molecule has 1 aromatic heterocycles. The summed E-state index contributed by atoms with van der Waals surface area (Å²) in [5, 5.41) is 9.94. The number of carbonyl (C=O) groups excluding carboxylic acids is 1. The number of para-hydroxylation sites is 1. The maximum Gasteiger partial charge on any atom is 0.219 e. The summed E-state index contributed by atoms with van der Waals surface area (Å²) in [6.07, 6.45) is 0.805. The van der Waals surface area contributed by atoms with Crippen molar-refractivity contribution in [3.63, 3.8) is 0 Å². The fourth-order valence-electron chi connectivity index (χ4n) is 1.93. The zero-order chi connectivity index (χ0) is 15.2. The van der Waals surface area contributed by atoms with Crippen molar-refractivity contribution >= 4 is 39.1 Å². The van der Waals surface area contributed by atoms with Gasteiger partial charge in [0.25, 0.3) is 0 Å². The van der Waals surface area contributed by atoms with E-state index in [1.807, 2.05) is 72.8 Å². The van der Waals surface area contributed by atoms with Gasteiger partial charge in [-0.05, 0) is 36.4 Å². The van der Waals surface area contributed by atoms with Crippen LogP contribution >= 0.6 is 11.3 Å². The second-order valence-corrected chi connectivity index (χ2v) is 5.50. The van der Waals surface area contributed by atoms with Crippen LogP contribution in [0, 0.1) is 0 Å². The maximum absolute atomic E-state index is 11.4. The van der Waals surface area contributed by atoms with Gasteiger partial charge in [0.1, 0.15) is 10.0 Å². The van der Waals surface area contributed by atoms with Crippen LogP contribution in [0.1, 0.15) is 0 Å². The van der Waals surface area contributed by atoms with E-state index in [1.54, 1.807) is 4.90 Å². The number of nitrogens with zero attached hydrogens (tertiary/aromatic N) is 3. The first-order valence-corrected chi connectivity index (χ1v) is 7.55. The van der Waals surface area contributed by atoms with Crippen LogP contribution in [0.2, 0.25) is 0 Å². The van der Waals surface area contributed by atoms with Crippen LogP contribution in [0.3, 0.4) is 0 Å². The fourth-order valence-corrected chi connectivity index (χ4v) is 2.75. The summed E-state index contributed by atoms with van der Waals surface area (Å²) in [4.78, 5) is 13.0. The summed E-state index contributed by atoms with van der Waals surface area (Å²) in [5.74, 6) is 0. The number of benzene rings is 2. The summed E-state index contributed by atoms with van der Waals surface area (Å²) in [6, 6.07) is 22.8. The van der Waals surface area contributed by atoms with Gasteiger partial charge in [0.15, 0.2) is 0 Å². The van der Waals surface area contributed by atoms with Gasteiger partial charge in [0.05, 0.1) is 5.69 Å². The van der Waals surface area contributed by atoms with E-state index in [0.717, 1.165) is 27.8 Å². The molecule has 0 aliphatic carbocycles. The molecule has 5 heteroatoms. The zero-order valence-electron chi connectivity index (χ0n) is 11.7. The maximum atomic E-state index is 11.4. The zero-order valence-corrected chi connectivity index (χ0v) is 12.5. The summed E-state index contributed by atoms with van der Waals surface area (Å²) in [6.45, 7) is 0. The number of hydrogen-bond acceptors (Lipinski definition) is 4. The summed E-state index contributed by atoms with van der Waals surface area (Å²) >= 11 is 1.41. The van der Waals surface area contributed by atoms with Gasteiger partial charge < -0.3 is 0 Å². The summed E-state index contributed by atoms with van der Waals surface area (Å²) in [7, 11) is 0. The lowest BCUT2D eigenvalue weighted by Crippen LogP contribution is -2.11. The third-order valence-corrected chi connectivity index (χ3v) is 3.94. The van der Waals surface area contributed by atoms with Crippen molar-refractivity contribution < 1.29 is 4.79 Å². The lowest BCUT2D eigenvalue weighted by atomic mass is 10.3. The van der Waals surface area contributed by atoms with E-state index in [4.69, 9.17) is 0 Å². The minimum Gasteiger partial charge on any atom is -0.278 e. The predicted octanol–water partition coefficient (Wildman–Crippen LogP) is 5.46. The second-order valence-electron chi connectivity index (χ2n) is 4.46. The molecule has 3 aromatic rings. The average Bonchev–Trinajstić information content (AvgIpc) is 3.04. The molecule has 108 valence electrons. The third kappa shape index (κ3) is 3.27. The first-order chi connectivity index (χ1) is 10.9. The number of rotatable bonds is 5. The van der Waals surface area contributed by atoms with E-state index in [9.17, 15) is 4.79 Å². The van der Waals surface area contributed by atoms with Gasteiger partial charge in [0.2, 0.25) is 6.41 Å². The lowest BCUT2D eigenvalue weighted by molar-refractivity contribution is -0.106. The molecule has 0 atom stereocenters. The first-order valence-electron chi connectivity index (χ1n) is 6.73. The summed E-state index contributed by atoms with van der Waals surface area (Å²) < 4.78 is 0. The Morgan fingerprint density at radius 3 is 2.18 bits per heavy atom. The highest BCUT2D eigenvalue weighted by molar-refractivity contribution is 7.19. The molecule has 4 nitrogen and oxygen atoms in total. The third-order valence-electron chi connectivity index (χ3n) is 2.98. The monoisotopic (exact) mass is 307 g/mol. The Labute approximate surface area is 132 Å². The van der Waals surface area contributed by atoms with Crippen molar-refractivity contribution in [1.29, 1.82) is 0 Å². The molecule has 2 aromatic carbocycles. The molecule has 0 aliphatic heterocycles. The standard InChI is InChI=1S/C17H13N3OS/c21-13-20(15-9-5-2-6-10-15)17-12-11-16(22-17)19-18-14-7-3-1-4-8-14/h1-13H/b19-18+. The quantitative estimate of drug-likeness (QED) is 0.456. The minimum absolute atomic E-state index is 0.752. The van der Waals surface area contributed by atoms with Crippen molar-refractivity contribution in [2.24, 2.45) is 10.2 Å². The largest absolute Gasteiger partial charge is 0.278 e. The van der Waals surface area contributed by atoms with Gasteiger partial charge in [-0.3, -0.25) is 9.69 Å². The molecular formula is C17H13N3OS. The highest BCUT2D eigenvalue weighted by Crippen LogP contribution is 2.35. The molecule has 0 bridgehead atoms. The van der Waals surface area contributed by atoms with Gasteiger partial charge in [-0.25, -0.2) is 0 Å². The number of hydrogen-bond donors (Lipinski definition) is 0. The van der Waals surface area contributed by atoms with E-state index in [2.05, 4.69) is 10.2 Å². The molecule has 0 aliphatic rings. The van der Waals surface area contributed by atoms with Gasteiger partial charge in [-0.2, -0.15) is 0 Å². The van der Waals surface area contributed by atoms with E-state index >= 15 is 0 Å². The topological polar surface area (TPSA) is 45.0 Å². The number of carbonyl (C=O) groups is 1. The minimum atomic E-state index is 0.752. The highest BCUT2D eigenvalue weighted by Gasteiger charge is 2.10. The molecule has 3 rings (SSSR count). The van der Waals surface area contributed by atoms with Crippen LogP contribution < -0.4 is 4.90 Å². The molecule has 22 heavy (non-hydrogen) atoms. The van der Waals surface area contributed by atoms with Crippen LogP contribution in [-0.4, -0.2) is 6.41 Å². The Kier molecular flexibility index (Phi) is 4.36. The number of amides is 1. The SMILES string of the molecule is O=CN(c1ccccc1)c1ccc(/N=N/c2ccccc2)s1. The van der Waals surface area contributed by atoms with Crippen LogP contribution in [0.4, 0.5) is 21.4 Å². The first kappa shape index (κ1) is 14.2. The molecule has 1 heterocycles. The van der Waals surface area contributed by atoms with Crippen LogP contribution in [0.25, 0.3) is 0 Å². The normalized spacial score (nSPS) is 10.7. The van der Waals surface area contributed by atoms with Crippen molar-refractivity contribution in [3.8, 4) is 0 Å². The van der Waals surface area contributed by atoms with Gasteiger partial charge in [0, 0.05) is 5.69 Å². The van der Waals surface area contributed by atoms with Gasteiger partial charge >= 0.3 is 0 Å². The molecule has 0 N–H and O–H groups in total. The molecule has 0 saturated carbocycles. The number of thiophene rings is 1. The Morgan fingerprint density at radius 1 is 0.818 bits per heavy atom. The molecular weight excluding hydrogens is 294 g/mol. The average molecular weight is 307 g/mol. The Bertz CT molecular complexity index is 769. The van der Waals surface area contributed by atoms with Crippen molar-refractivity contribution in [2.45, 2.75) is 0 Å². The second kappa shape index (κ2) is 6.78. The molecule has 0 radical (unpaired) electrons. The molecule has 0 saturated heterocycles. The fraction of sp³-hybridized carbons (Fsp3) is 0. The van der Waals surface area contributed by atoms with Crippen LogP contribution in [0.5, 0.6) is 0 Å². The van der Waals surface area contributed by atoms with E-state index < -0.39 is 0 Å². The van der Waals surface area contributed by atoms with Crippen LogP contribution in [-0.2, 0) is 4.79 Å². The molecule has 0 fully saturated rings. The number of anilines is 2. The highest BCUT2D eigenvalue weighted by atomic mass is 32.1. The smallest absolute Gasteiger partial charge is 0.219 e. The van der Waals surface area contributed by atoms with Crippen molar-refractivity contribution in [2.75, 3.05) is 4.90 Å². The van der Waals surface area contributed by atoms with Crippen molar-refractivity contribution in [1.82, 2.24) is 0 Å².